The molecule has 0 aromatic heterocycles. The number of likely N-dealkylation sites (tertiary alicyclic amines) is 1. The lowest BCUT2D eigenvalue weighted by Gasteiger charge is -2.32. The molecule has 102 valence electrons. The molecule has 1 aromatic carbocycles. The van der Waals surface area contributed by atoms with Crippen LogP contribution in [-0.4, -0.2) is 29.2 Å². The van der Waals surface area contributed by atoms with E-state index >= 15 is 0 Å². The van der Waals surface area contributed by atoms with Crippen molar-refractivity contribution in [2.75, 3.05) is 18.4 Å². The molecule has 19 heavy (non-hydrogen) atoms. The SMILES string of the molecule is O=C(c1ccc2c(c1)COC2)N1CCCC(CBr)C1. The molecule has 0 bridgehead atoms. The first-order valence-electron chi connectivity index (χ1n) is 6.82. The van der Waals surface area contributed by atoms with Crippen LogP contribution in [0.25, 0.3) is 0 Å². The Morgan fingerprint density at radius 3 is 3.05 bits per heavy atom. The van der Waals surface area contributed by atoms with Crippen LogP contribution in [-0.2, 0) is 18.0 Å². The minimum atomic E-state index is 0.167. The Kier molecular flexibility index (Phi) is 3.89. The molecule has 2 aliphatic heterocycles. The van der Waals surface area contributed by atoms with Gasteiger partial charge in [0.25, 0.3) is 5.91 Å². The van der Waals surface area contributed by atoms with Gasteiger partial charge in [-0.05, 0) is 42.0 Å². The Morgan fingerprint density at radius 2 is 2.21 bits per heavy atom. The van der Waals surface area contributed by atoms with Crippen LogP contribution in [0.4, 0.5) is 0 Å². The number of piperidine rings is 1. The molecule has 1 fully saturated rings. The number of rotatable bonds is 2. The van der Waals surface area contributed by atoms with Gasteiger partial charge in [-0.2, -0.15) is 0 Å². The van der Waals surface area contributed by atoms with Gasteiger partial charge in [0.05, 0.1) is 13.2 Å². The molecule has 0 spiro atoms. The van der Waals surface area contributed by atoms with Gasteiger partial charge in [-0.25, -0.2) is 0 Å². The van der Waals surface area contributed by atoms with E-state index in [0.717, 1.165) is 30.4 Å². The van der Waals surface area contributed by atoms with Crippen LogP contribution >= 0.6 is 15.9 Å². The van der Waals surface area contributed by atoms with Gasteiger partial charge in [0.15, 0.2) is 0 Å². The summed E-state index contributed by atoms with van der Waals surface area (Å²) in [6.07, 6.45) is 2.32. The van der Waals surface area contributed by atoms with Crippen LogP contribution in [0.3, 0.4) is 0 Å². The predicted octanol–water partition coefficient (Wildman–Crippen LogP) is 2.96. The summed E-state index contributed by atoms with van der Waals surface area (Å²) in [6.45, 7) is 3.08. The second-order valence-corrected chi connectivity index (χ2v) is 6.04. The molecule has 0 N–H and O–H groups in total. The zero-order valence-corrected chi connectivity index (χ0v) is 12.5. The van der Waals surface area contributed by atoms with Crippen LogP contribution in [0, 0.1) is 5.92 Å². The summed E-state index contributed by atoms with van der Waals surface area (Å²) in [5, 5.41) is 0.981. The Morgan fingerprint density at radius 1 is 1.37 bits per heavy atom. The summed E-state index contributed by atoms with van der Waals surface area (Å²) in [5.74, 6) is 0.760. The van der Waals surface area contributed by atoms with E-state index in [1.807, 2.05) is 23.1 Å². The van der Waals surface area contributed by atoms with Crippen molar-refractivity contribution in [2.45, 2.75) is 26.1 Å². The van der Waals surface area contributed by atoms with Crippen molar-refractivity contribution in [1.82, 2.24) is 4.90 Å². The van der Waals surface area contributed by atoms with Crippen LogP contribution in [0.15, 0.2) is 18.2 Å². The van der Waals surface area contributed by atoms with Crippen molar-refractivity contribution >= 4 is 21.8 Å². The Hall–Kier alpha value is -0.870. The second kappa shape index (κ2) is 5.63. The monoisotopic (exact) mass is 323 g/mol. The molecule has 0 radical (unpaired) electrons. The first kappa shape index (κ1) is 13.1. The standard InChI is InChI=1S/C15H18BrNO2/c16-7-11-2-1-5-17(8-11)15(18)12-3-4-13-9-19-10-14(13)6-12/h3-4,6,11H,1-2,5,7-10H2. The molecular weight excluding hydrogens is 306 g/mol. The first-order valence-corrected chi connectivity index (χ1v) is 7.95. The third kappa shape index (κ3) is 2.70. The van der Waals surface area contributed by atoms with Crippen LogP contribution in [0.5, 0.6) is 0 Å². The third-order valence-electron chi connectivity index (χ3n) is 3.99. The minimum Gasteiger partial charge on any atom is -0.372 e. The fourth-order valence-corrected chi connectivity index (χ4v) is 3.39. The highest BCUT2D eigenvalue weighted by Crippen LogP contribution is 2.24. The van der Waals surface area contributed by atoms with Crippen molar-refractivity contribution in [3.05, 3.63) is 34.9 Å². The summed E-state index contributed by atoms with van der Waals surface area (Å²) in [6, 6.07) is 5.97. The van der Waals surface area contributed by atoms with Gasteiger partial charge in [0.1, 0.15) is 0 Å². The normalized spacial score (nSPS) is 22.4. The zero-order chi connectivity index (χ0) is 13.2. The maximum absolute atomic E-state index is 12.5. The molecule has 1 amide bonds. The van der Waals surface area contributed by atoms with Crippen molar-refractivity contribution in [1.29, 1.82) is 0 Å². The van der Waals surface area contributed by atoms with Crippen molar-refractivity contribution in [3.8, 4) is 0 Å². The van der Waals surface area contributed by atoms with Crippen molar-refractivity contribution < 1.29 is 9.53 Å². The average molecular weight is 324 g/mol. The number of fused-ring (bicyclic) bond motifs is 1. The van der Waals surface area contributed by atoms with Gasteiger partial charge in [-0.15, -0.1) is 0 Å². The number of nitrogens with zero attached hydrogens (tertiary/aromatic N) is 1. The largest absolute Gasteiger partial charge is 0.372 e. The van der Waals surface area contributed by atoms with E-state index in [1.165, 1.54) is 17.5 Å². The Balaban J connectivity index is 1.76. The van der Waals surface area contributed by atoms with Gasteiger partial charge in [-0.1, -0.05) is 22.0 Å². The highest BCUT2D eigenvalue weighted by atomic mass is 79.9. The predicted molar refractivity (Wildman–Crippen MR) is 77.4 cm³/mol. The molecule has 2 aliphatic rings. The van der Waals surface area contributed by atoms with Crippen LogP contribution < -0.4 is 0 Å². The van der Waals surface area contributed by atoms with Crippen LogP contribution in [0.1, 0.15) is 34.3 Å². The number of carbonyl (C=O) groups is 1. The third-order valence-corrected chi connectivity index (χ3v) is 4.91. The molecule has 1 saturated heterocycles. The van der Waals surface area contributed by atoms with Gasteiger partial charge < -0.3 is 9.64 Å². The van der Waals surface area contributed by atoms with E-state index in [4.69, 9.17) is 4.74 Å². The lowest BCUT2D eigenvalue weighted by atomic mass is 9.99. The maximum Gasteiger partial charge on any atom is 0.253 e. The second-order valence-electron chi connectivity index (χ2n) is 5.39. The summed E-state index contributed by atoms with van der Waals surface area (Å²) < 4.78 is 5.40. The smallest absolute Gasteiger partial charge is 0.253 e. The quantitative estimate of drug-likeness (QED) is 0.783. The van der Waals surface area contributed by atoms with Crippen molar-refractivity contribution in [2.24, 2.45) is 5.92 Å². The molecule has 0 saturated carbocycles. The van der Waals surface area contributed by atoms with Gasteiger partial charge >= 0.3 is 0 Å². The summed E-state index contributed by atoms with van der Waals surface area (Å²) in [5.41, 5.74) is 3.19. The molecule has 1 aromatic rings. The van der Waals surface area contributed by atoms with E-state index < -0.39 is 0 Å². The van der Waals surface area contributed by atoms with Gasteiger partial charge in [-0.3, -0.25) is 4.79 Å². The van der Waals surface area contributed by atoms with E-state index in [9.17, 15) is 4.79 Å². The topological polar surface area (TPSA) is 29.5 Å². The highest BCUT2D eigenvalue weighted by molar-refractivity contribution is 9.09. The first-order chi connectivity index (χ1) is 9.28. The molecule has 3 rings (SSSR count). The molecule has 1 atom stereocenters. The molecule has 2 heterocycles. The number of alkyl halides is 1. The number of hydrogen-bond donors (Lipinski definition) is 0. The number of amides is 1. The van der Waals surface area contributed by atoms with Crippen molar-refractivity contribution in [3.63, 3.8) is 0 Å². The maximum atomic E-state index is 12.5. The number of halogens is 1. The number of benzene rings is 1. The number of carbonyl (C=O) groups excluding carboxylic acids is 1. The molecule has 4 heteroatoms. The summed E-state index contributed by atoms with van der Waals surface area (Å²) in [4.78, 5) is 14.5. The molecular formula is C15H18BrNO2. The van der Waals surface area contributed by atoms with Gasteiger partial charge in [0.2, 0.25) is 0 Å². The molecule has 3 nitrogen and oxygen atoms in total. The van der Waals surface area contributed by atoms with E-state index in [-0.39, 0.29) is 5.91 Å². The highest BCUT2D eigenvalue weighted by Gasteiger charge is 2.24. The molecule has 1 unspecified atom stereocenters. The number of ether oxygens (including phenoxy) is 1. The average Bonchev–Trinajstić information content (AvgIpc) is 2.94. The fourth-order valence-electron chi connectivity index (χ4n) is 2.86. The van der Waals surface area contributed by atoms with Crippen LogP contribution in [0.2, 0.25) is 0 Å². The van der Waals surface area contributed by atoms with Gasteiger partial charge in [0, 0.05) is 24.0 Å². The Labute approximate surface area is 122 Å². The summed E-state index contributed by atoms with van der Waals surface area (Å²) >= 11 is 3.53. The van der Waals surface area contributed by atoms with E-state index in [1.54, 1.807) is 0 Å². The number of hydrogen-bond acceptors (Lipinski definition) is 2. The van der Waals surface area contributed by atoms with E-state index in [2.05, 4.69) is 15.9 Å². The lowest BCUT2D eigenvalue weighted by molar-refractivity contribution is 0.0686. The molecule has 0 aliphatic carbocycles. The fraction of sp³-hybridized carbons (Fsp3) is 0.533. The lowest BCUT2D eigenvalue weighted by Crippen LogP contribution is -2.40. The summed E-state index contributed by atoms with van der Waals surface area (Å²) in [7, 11) is 0. The minimum absolute atomic E-state index is 0.167. The Bertz CT molecular complexity index is 489. The van der Waals surface area contributed by atoms with E-state index in [0.29, 0.717) is 19.1 Å². The zero-order valence-electron chi connectivity index (χ0n) is 10.9.